The second-order valence-corrected chi connectivity index (χ2v) is 5.44. The summed E-state index contributed by atoms with van der Waals surface area (Å²) >= 11 is 0. The molecule has 7 nitrogen and oxygen atoms in total. The number of fused-ring (bicyclic) bond motifs is 1. The van der Waals surface area contributed by atoms with Crippen LogP contribution in [0.2, 0.25) is 0 Å². The number of hydrogen-bond acceptors (Lipinski definition) is 6. The molecule has 0 aliphatic rings. The molecule has 0 aliphatic heterocycles. The van der Waals surface area contributed by atoms with Crippen molar-refractivity contribution in [2.45, 2.75) is 6.42 Å². The Hall–Kier alpha value is -3.48. The van der Waals surface area contributed by atoms with E-state index in [0.717, 1.165) is 6.42 Å². The highest BCUT2D eigenvalue weighted by atomic mass is 16.4. The van der Waals surface area contributed by atoms with Crippen LogP contribution in [0.4, 0.5) is 5.95 Å². The van der Waals surface area contributed by atoms with E-state index in [2.05, 4.69) is 20.3 Å². The van der Waals surface area contributed by atoms with E-state index >= 15 is 0 Å². The summed E-state index contributed by atoms with van der Waals surface area (Å²) in [6.45, 7) is 0.675. The molecule has 124 valence electrons. The smallest absolute Gasteiger partial charge is 0.407 e. The van der Waals surface area contributed by atoms with Crippen LogP contribution in [-0.2, 0) is 6.42 Å². The van der Waals surface area contributed by atoms with Crippen molar-refractivity contribution in [2.24, 2.45) is 0 Å². The van der Waals surface area contributed by atoms with Crippen LogP contribution in [0, 0.1) is 0 Å². The van der Waals surface area contributed by atoms with Gasteiger partial charge in [0.05, 0.1) is 5.52 Å². The maximum Gasteiger partial charge on any atom is 0.425 e. The van der Waals surface area contributed by atoms with Crippen LogP contribution in [-0.4, -0.2) is 26.1 Å². The monoisotopic (exact) mass is 333 g/mol. The van der Waals surface area contributed by atoms with E-state index in [9.17, 15) is 4.79 Å². The van der Waals surface area contributed by atoms with E-state index in [-0.39, 0.29) is 0 Å². The van der Waals surface area contributed by atoms with E-state index in [4.69, 9.17) is 4.42 Å². The summed E-state index contributed by atoms with van der Waals surface area (Å²) in [6.07, 6.45) is 5.97. The van der Waals surface area contributed by atoms with E-state index in [0.29, 0.717) is 29.4 Å². The molecule has 0 radical (unpaired) electrons. The summed E-state index contributed by atoms with van der Waals surface area (Å²) in [4.78, 5) is 24.8. The van der Waals surface area contributed by atoms with Gasteiger partial charge in [-0.25, -0.2) is 14.3 Å². The Bertz CT molecular complexity index is 1060. The third-order valence-electron chi connectivity index (χ3n) is 3.80. The van der Waals surface area contributed by atoms with Crippen molar-refractivity contribution in [3.63, 3.8) is 0 Å². The van der Waals surface area contributed by atoms with Crippen LogP contribution in [0.1, 0.15) is 5.56 Å². The molecule has 0 aliphatic carbocycles. The number of oxazole rings is 1. The van der Waals surface area contributed by atoms with E-state index < -0.39 is 5.76 Å². The highest BCUT2D eigenvalue weighted by Gasteiger charge is 2.12. The summed E-state index contributed by atoms with van der Waals surface area (Å²) in [5.41, 5.74) is 2.38. The lowest BCUT2D eigenvalue weighted by Gasteiger charge is -2.07. The molecule has 0 atom stereocenters. The molecule has 4 rings (SSSR count). The molecule has 0 saturated carbocycles. The number of nitrogens with zero attached hydrogens (tertiary/aromatic N) is 4. The number of pyridine rings is 1. The minimum Gasteiger partial charge on any atom is -0.407 e. The van der Waals surface area contributed by atoms with Gasteiger partial charge in [-0.15, -0.1) is 0 Å². The first-order chi connectivity index (χ1) is 12.3. The van der Waals surface area contributed by atoms with Crippen molar-refractivity contribution in [3.8, 4) is 5.82 Å². The minimum absolute atomic E-state index is 0.462. The highest BCUT2D eigenvalue weighted by Crippen LogP contribution is 2.16. The van der Waals surface area contributed by atoms with Gasteiger partial charge >= 0.3 is 5.76 Å². The predicted octanol–water partition coefficient (Wildman–Crippen LogP) is 2.42. The molecule has 0 spiro atoms. The van der Waals surface area contributed by atoms with Gasteiger partial charge in [0.15, 0.2) is 5.58 Å². The van der Waals surface area contributed by atoms with E-state index in [1.165, 1.54) is 10.1 Å². The number of para-hydroxylation sites is 2. The van der Waals surface area contributed by atoms with Gasteiger partial charge in [0.25, 0.3) is 0 Å². The molecule has 1 aromatic carbocycles. The quantitative estimate of drug-likeness (QED) is 0.604. The molecule has 0 fully saturated rings. The fraction of sp³-hybridized carbons (Fsp3) is 0.111. The topological polar surface area (TPSA) is 85.8 Å². The van der Waals surface area contributed by atoms with Crippen LogP contribution in [0.3, 0.4) is 0 Å². The van der Waals surface area contributed by atoms with Crippen molar-refractivity contribution in [1.29, 1.82) is 0 Å². The third-order valence-corrected chi connectivity index (χ3v) is 3.80. The van der Waals surface area contributed by atoms with Gasteiger partial charge in [0.1, 0.15) is 5.82 Å². The van der Waals surface area contributed by atoms with Gasteiger partial charge in [-0.3, -0.25) is 4.98 Å². The Morgan fingerprint density at radius 1 is 1.04 bits per heavy atom. The Morgan fingerprint density at radius 3 is 2.76 bits per heavy atom. The zero-order valence-electron chi connectivity index (χ0n) is 13.3. The van der Waals surface area contributed by atoms with Crippen LogP contribution < -0.4 is 11.1 Å². The lowest BCUT2D eigenvalue weighted by atomic mass is 10.2. The zero-order chi connectivity index (χ0) is 17.1. The molecule has 3 heterocycles. The number of benzene rings is 1. The molecule has 25 heavy (non-hydrogen) atoms. The van der Waals surface area contributed by atoms with Crippen molar-refractivity contribution >= 4 is 17.0 Å². The normalized spacial score (nSPS) is 10.9. The summed E-state index contributed by atoms with van der Waals surface area (Å²) in [6, 6.07) is 12.9. The van der Waals surface area contributed by atoms with Crippen LogP contribution in [0.15, 0.2) is 70.3 Å². The first kappa shape index (κ1) is 15.1. The molecule has 0 unspecified atom stereocenters. The van der Waals surface area contributed by atoms with Crippen molar-refractivity contribution in [3.05, 3.63) is 77.2 Å². The van der Waals surface area contributed by atoms with Crippen LogP contribution in [0.25, 0.3) is 16.9 Å². The Morgan fingerprint density at radius 2 is 1.88 bits per heavy atom. The van der Waals surface area contributed by atoms with Crippen LogP contribution >= 0.6 is 0 Å². The summed E-state index contributed by atoms with van der Waals surface area (Å²) in [5, 5.41) is 3.17. The lowest BCUT2D eigenvalue weighted by molar-refractivity contribution is 0.539. The third kappa shape index (κ3) is 3.12. The second kappa shape index (κ2) is 6.56. The first-order valence-corrected chi connectivity index (χ1v) is 7.88. The Balaban J connectivity index is 1.57. The van der Waals surface area contributed by atoms with Gasteiger partial charge in [0.2, 0.25) is 5.95 Å². The minimum atomic E-state index is -0.470. The molecule has 3 aromatic heterocycles. The average molecular weight is 333 g/mol. The average Bonchev–Trinajstić information content (AvgIpc) is 2.98. The first-order valence-electron chi connectivity index (χ1n) is 7.88. The van der Waals surface area contributed by atoms with Crippen molar-refractivity contribution in [2.75, 3.05) is 11.9 Å². The number of anilines is 1. The second-order valence-electron chi connectivity index (χ2n) is 5.44. The number of nitrogens with one attached hydrogen (secondary N) is 1. The molecule has 0 amide bonds. The Kier molecular flexibility index (Phi) is 3.96. The van der Waals surface area contributed by atoms with Crippen LogP contribution in [0.5, 0.6) is 0 Å². The standard InChI is InChI=1S/C18H15N5O2/c24-18-23(14-3-1-2-4-15(14)25-18)16-8-12-21-17(22-16)20-11-7-13-5-9-19-10-6-13/h1-6,8-10,12H,7,11H2,(H,20,21,22). The SMILES string of the molecule is O=c1oc2ccccc2n1-c1ccnc(NCCc2ccncc2)n1. The fourth-order valence-electron chi connectivity index (χ4n) is 2.61. The van der Waals surface area contributed by atoms with Crippen molar-refractivity contribution in [1.82, 2.24) is 19.5 Å². The summed E-state index contributed by atoms with van der Waals surface area (Å²) in [7, 11) is 0. The molecule has 0 bridgehead atoms. The number of rotatable bonds is 5. The largest absolute Gasteiger partial charge is 0.425 e. The highest BCUT2D eigenvalue weighted by molar-refractivity contribution is 5.74. The molecular formula is C18H15N5O2. The fourth-order valence-corrected chi connectivity index (χ4v) is 2.61. The van der Waals surface area contributed by atoms with E-state index in [1.54, 1.807) is 30.7 Å². The molecule has 1 N–H and O–H groups in total. The number of hydrogen-bond donors (Lipinski definition) is 1. The summed E-state index contributed by atoms with van der Waals surface area (Å²) in [5.74, 6) is 0.461. The zero-order valence-corrected chi connectivity index (χ0v) is 13.3. The van der Waals surface area contributed by atoms with Gasteiger partial charge < -0.3 is 9.73 Å². The molecular weight excluding hydrogens is 318 g/mol. The van der Waals surface area contributed by atoms with Crippen molar-refractivity contribution < 1.29 is 4.42 Å². The lowest BCUT2D eigenvalue weighted by Crippen LogP contribution is -2.15. The van der Waals surface area contributed by atoms with Gasteiger partial charge in [0, 0.05) is 31.2 Å². The predicted molar refractivity (Wildman–Crippen MR) is 93.8 cm³/mol. The maximum absolute atomic E-state index is 12.2. The molecule has 7 heteroatoms. The van der Waals surface area contributed by atoms with Gasteiger partial charge in [-0.1, -0.05) is 12.1 Å². The summed E-state index contributed by atoms with van der Waals surface area (Å²) < 4.78 is 6.69. The number of aromatic nitrogens is 4. The Labute approximate surface area is 143 Å². The van der Waals surface area contributed by atoms with Gasteiger partial charge in [-0.05, 0) is 36.2 Å². The van der Waals surface area contributed by atoms with E-state index in [1.807, 2.05) is 30.3 Å². The van der Waals surface area contributed by atoms with Gasteiger partial charge in [-0.2, -0.15) is 4.98 Å². The molecule has 0 saturated heterocycles. The maximum atomic E-state index is 12.2. The molecule has 4 aromatic rings.